The molecule has 0 radical (unpaired) electrons. The number of anilines is 1. The zero-order valence-corrected chi connectivity index (χ0v) is 12.4. The van der Waals surface area contributed by atoms with Crippen molar-refractivity contribution in [2.75, 3.05) is 12.4 Å². The van der Waals surface area contributed by atoms with Gasteiger partial charge in [0.15, 0.2) is 5.75 Å². The highest BCUT2D eigenvalue weighted by Crippen LogP contribution is 2.34. The summed E-state index contributed by atoms with van der Waals surface area (Å²) < 4.78 is 6.02. The van der Waals surface area contributed by atoms with Crippen LogP contribution in [0.15, 0.2) is 46.9 Å². The Hall–Kier alpha value is -2.08. The molecule has 6 heteroatoms. The first-order chi connectivity index (χ1) is 9.61. The molecule has 0 saturated heterocycles. The lowest BCUT2D eigenvalue weighted by Crippen LogP contribution is -2.03. The summed E-state index contributed by atoms with van der Waals surface area (Å²) in [5, 5.41) is 14.2. The number of hydrogen-bond acceptors (Lipinski definition) is 4. The average molecular weight is 337 g/mol. The molecule has 1 N–H and O–H groups in total. The fraction of sp³-hybridized carbons (Fsp3) is 0.143. The van der Waals surface area contributed by atoms with Crippen molar-refractivity contribution in [1.29, 1.82) is 0 Å². The lowest BCUT2D eigenvalue weighted by molar-refractivity contribution is -0.384. The Morgan fingerprint density at radius 3 is 2.55 bits per heavy atom. The number of ether oxygens (including phenoxy) is 1. The van der Waals surface area contributed by atoms with Crippen LogP contribution < -0.4 is 10.1 Å². The van der Waals surface area contributed by atoms with Gasteiger partial charge in [0.2, 0.25) is 0 Å². The quantitative estimate of drug-likeness (QED) is 0.662. The van der Waals surface area contributed by atoms with E-state index in [2.05, 4.69) is 21.2 Å². The normalized spacial score (nSPS) is 10.1. The van der Waals surface area contributed by atoms with E-state index in [1.54, 1.807) is 18.2 Å². The van der Waals surface area contributed by atoms with E-state index in [0.717, 1.165) is 10.0 Å². The molecule has 0 atom stereocenters. The van der Waals surface area contributed by atoms with Crippen LogP contribution in [0.1, 0.15) is 5.56 Å². The Morgan fingerprint density at radius 1 is 1.25 bits per heavy atom. The topological polar surface area (TPSA) is 64.4 Å². The van der Waals surface area contributed by atoms with E-state index in [9.17, 15) is 10.1 Å². The highest BCUT2D eigenvalue weighted by Gasteiger charge is 2.19. The molecule has 0 bridgehead atoms. The molecule has 0 spiro atoms. The van der Waals surface area contributed by atoms with Gasteiger partial charge in [-0.3, -0.25) is 10.1 Å². The van der Waals surface area contributed by atoms with Crippen LogP contribution in [0.3, 0.4) is 0 Å². The Balaban J connectivity index is 2.21. The first-order valence-electron chi connectivity index (χ1n) is 5.91. The van der Waals surface area contributed by atoms with E-state index in [4.69, 9.17) is 4.74 Å². The van der Waals surface area contributed by atoms with Crippen molar-refractivity contribution in [2.45, 2.75) is 6.54 Å². The van der Waals surface area contributed by atoms with Crippen LogP contribution in [0.5, 0.6) is 5.75 Å². The predicted molar refractivity (Wildman–Crippen MR) is 81.1 cm³/mol. The van der Waals surface area contributed by atoms with Crippen molar-refractivity contribution in [3.05, 3.63) is 62.6 Å². The second-order valence-electron chi connectivity index (χ2n) is 4.09. The Labute approximate surface area is 124 Å². The molecule has 2 rings (SSSR count). The van der Waals surface area contributed by atoms with Crippen LogP contribution in [0.25, 0.3) is 0 Å². The second-order valence-corrected chi connectivity index (χ2v) is 5.01. The molecule has 0 aromatic heterocycles. The number of nitrogens with zero attached hydrogens (tertiary/aromatic N) is 1. The third-order valence-electron chi connectivity index (χ3n) is 2.80. The van der Waals surface area contributed by atoms with Crippen molar-refractivity contribution in [3.63, 3.8) is 0 Å². The lowest BCUT2D eigenvalue weighted by atomic mass is 10.2. The first kappa shape index (κ1) is 14.3. The van der Waals surface area contributed by atoms with Crippen molar-refractivity contribution >= 4 is 27.3 Å². The summed E-state index contributed by atoms with van der Waals surface area (Å²) in [6.07, 6.45) is 0. The summed E-state index contributed by atoms with van der Waals surface area (Å²) in [5.74, 6) is 0.246. The maximum Gasteiger partial charge on any atom is 0.333 e. The van der Waals surface area contributed by atoms with Crippen LogP contribution >= 0.6 is 15.9 Å². The summed E-state index contributed by atoms with van der Waals surface area (Å²) in [5.41, 5.74) is 1.43. The van der Waals surface area contributed by atoms with E-state index in [1.807, 2.05) is 24.3 Å². The zero-order valence-electron chi connectivity index (χ0n) is 10.8. The molecular weight excluding hydrogens is 324 g/mol. The largest absolute Gasteiger partial charge is 0.490 e. The van der Waals surface area contributed by atoms with Crippen LogP contribution in [0.2, 0.25) is 0 Å². The van der Waals surface area contributed by atoms with Gasteiger partial charge in [0.25, 0.3) is 0 Å². The molecule has 5 nitrogen and oxygen atoms in total. The molecule has 2 aromatic rings. The molecule has 2 aromatic carbocycles. The van der Waals surface area contributed by atoms with Gasteiger partial charge >= 0.3 is 5.69 Å². The Morgan fingerprint density at radius 2 is 1.95 bits per heavy atom. The number of halogens is 1. The van der Waals surface area contributed by atoms with Gasteiger partial charge in [-0.25, -0.2) is 0 Å². The fourth-order valence-corrected chi connectivity index (χ4v) is 2.08. The highest BCUT2D eigenvalue weighted by atomic mass is 79.9. The van der Waals surface area contributed by atoms with Gasteiger partial charge in [0.1, 0.15) is 5.69 Å². The number of nitrogens with one attached hydrogen (secondary N) is 1. The van der Waals surface area contributed by atoms with Gasteiger partial charge < -0.3 is 10.1 Å². The minimum atomic E-state index is -0.442. The Bertz CT molecular complexity index is 614. The summed E-state index contributed by atoms with van der Waals surface area (Å²) in [4.78, 5) is 10.7. The zero-order chi connectivity index (χ0) is 14.5. The smallest absolute Gasteiger partial charge is 0.333 e. The summed E-state index contributed by atoms with van der Waals surface area (Å²) in [6, 6.07) is 12.7. The molecule has 0 unspecified atom stereocenters. The fourth-order valence-electron chi connectivity index (χ4n) is 1.82. The minimum absolute atomic E-state index is 0.0490. The van der Waals surface area contributed by atoms with Crippen LogP contribution in [0.4, 0.5) is 11.4 Å². The van der Waals surface area contributed by atoms with Gasteiger partial charge in [0, 0.05) is 11.0 Å². The molecule has 20 heavy (non-hydrogen) atoms. The van der Waals surface area contributed by atoms with Crippen LogP contribution in [-0.4, -0.2) is 12.0 Å². The van der Waals surface area contributed by atoms with Crippen LogP contribution in [0, 0.1) is 10.1 Å². The monoisotopic (exact) mass is 336 g/mol. The molecular formula is C14H13BrN2O3. The standard InChI is InChI=1S/C14H13BrN2O3/c1-20-13-4-2-3-12(14(13)17(18)19)16-9-10-5-7-11(15)8-6-10/h2-8,16H,9H2,1H3. The van der Waals surface area contributed by atoms with E-state index in [1.165, 1.54) is 7.11 Å². The number of nitro groups is 1. The molecule has 0 heterocycles. The molecule has 0 amide bonds. The van der Waals surface area contributed by atoms with Gasteiger partial charge in [-0.05, 0) is 29.8 Å². The highest BCUT2D eigenvalue weighted by molar-refractivity contribution is 9.10. The second kappa shape index (κ2) is 6.38. The molecule has 0 fully saturated rings. The first-order valence-corrected chi connectivity index (χ1v) is 6.71. The third kappa shape index (κ3) is 3.27. The number of nitro benzene ring substituents is 1. The number of benzene rings is 2. The van der Waals surface area contributed by atoms with Crippen LogP contribution in [-0.2, 0) is 6.54 Å². The molecule has 0 aliphatic heterocycles. The Kier molecular flexibility index (Phi) is 4.57. The van der Waals surface area contributed by atoms with E-state index in [-0.39, 0.29) is 11.4 Å². The molecule has 0 saturated carbocycles. The number of methoxy groups -OCH3 is 1. The lowest BCUT2D eigenvalue weighted by Gasteiger charge is -2.09. The van der Waals surface area contributed by atoms with Crippen molar-refractivity contribution < 1.29 is 9.66 Å². The average Bonchev–Trinajstić information content (AvgIpc) is 2.46. The van der Waals surface area contributed by atoms with Gasteiger partial charge in [-0.15, -0.1) is 0 Å². The summed E-state index contributed by atoms with van der Waals surface area (Å²) >= 11 is 3.36. The maximum atomic E-state index is 11.1. The van der Waals surface area contributed by atoms with Crippen molar-refractivity contribution in [1.82, 2.24) is 0 Å². The predicted octanol–water partition coefficient (Wildman–Crippen LogP) is 3.98. The number of para-hydroxylation sites is 1. The van der Waals surface area contributed by atoms with Crippen molar-refractivity contribution in [3.8, 4) is 5.75 Å². The molecule has 0 aliphatic rings. The molecule has 104 valence electrons. The van der Waals surface area contributed by atoms with Crippen molar-refractivity contribution in [2.24, 2.45) is 0 Å². The summed E-state index contributed by atoms with van der Waals surface area (Å²) in [6.45, 7) is 0.501. The van der Waals surface area contributed by atoms with Gasteiger partial charge in [0.05, 0.1) is 12.0 Å². The molecule has 0 aliphatic carbocycles. The van der Waals surface area contributed by atoms with E-state index in [0.29, 0.717) is 12.2 Å². The maximum absolute atomic E-state index is 11.1. The van der Waals surface area contributed by atoms with Gasteiger partial charge in [-0.2, -0.15) is 0 Å². The van der Waals surface area contributed by atoms with E-state index >= 15 is 0 Å². The van der Waals surface area contributed by atoms with Gasteiger partial charge in [-0.1, -0.05) is 34.1 Å². The third-order valence-corrected chi connectivity index (χ3v) is 3.33. The van der Waals surface area contributed by atoms with E-state index < -0.39 is 4.92 Å². The number of hydrogen-bond donors (Lipinski definition) is 1. The summed E-state index contributed by atoms with van der Waals surface area (Å²) in [7, 11) is 1.42. The number of rotatable bonds is 5. The SMILES string of the molecule is COc1cccc(NCc2ccc(Br)cc2)c1[N+](=O)[O-]. The minimum Gasteiger partial charge on any atom is -0.490 e.